The highest BCUT2D eigenvalue weighted by molar-refractivity contribution is 6.30. The third kappa shape index (κ3) is 2.78. The third-order valence-corrected chi connectivity index (χ3v) is 3.34. The van der Waals surface area contributed by atoms with Gasteiger partial charge in [-0.2, -0.15) is 5.26 Å². The van der Waals surface area contributed by atoms with E-state index in [1.165, 1.54) is 0 Å². The molecule has 21 heavy (non-hydrogen) atoms. The lowest BCUT2D eigenvalue weighted by atomic mass is 10.1. The molecular formula is C16H11ClN4. The van der Waals surface area contributed by atoms with Crippen molar-refractivity contribution in [1.29, 1.82) is 5.26 Å². The Morgan fingerprint density at radius 3 is 2.62 bits per heavy atom. The van der Waals surface area contributed by atoms with Crippen LogP contribution in [0, 0.1) is 11.3 Å². The van der Waals surface area contributed by atoms with Gasteiger partial charge in [0.25, 0.3) is 0 Å². The number of halogens is 1. The van der Waals surface area contributed by atoms with Crippen molar-refractivity contribution in [1.82, 2.24) is 15.0 Å². The predicted molar refractivity (Wildman–Crippen MR) is 80.7 cm³/mol. The Labute approximate surface area is 127 Å². The quantitative estimate of drug-likeness (QED) is 0.742. The van der Waals surface area contributed by atoms with Crippen molar-refractivity contribution in [2.45, 2.75) is 6.54 Å². The largest absolute Gasteiger partial charge is 0.239 e. The molecule has 0 saturated carbocycles. The van der Waals surface area contributed by atoms with Crippen LogP contribution in [0.5, 0.6) is 0 Å². The summed E-state index contributed by atoms with van der Waals surface area (Å²) in [4.78, 5) is 0. The molecular weight excluding hydrogens is 284 g/mol. The van der Waals surface area contributed by atoms with Crippen molar-refractivity contribution in [3.63, 3.8) is 0 Å². The fourth-order valence-corrected chi connectivity index (χ4v) is 2.40. The topological polar surface area (TPSA) is 54.5 Å². The highest BCUT2D eigenvalue weighted by atomic mass is 35.5. The number of hydrogen-bond donors (Lipinski definition) is 0. The van der Waals surface area contributed by atoms with E-state index in [2.05, 4.69) is 16.4 Å². The molecule has 0 radical (unpaired) electrons. The smallest absolute Gasteiger partial charge is 0.190 e. The standard InChI is InChI=1S/C16H11ClN4/c17-14-8-4-5-12(9-14)11-21-16(15(10-18)19-20-21)13-6-2-1-3-7-13/h1-9H,11H2. The van der Waals surface area contributed by atoms with Gasteiger partial charge in [0.1, 0.15) is 11.8 Å². The second-order valence-electron chi connectivity index (χ2n) is 4.55. The average molecular weight is 295 g/mol. The van der Waals surface area contributed by atoms with E-state index in [1.54, 1.807) is 4.68 Å². The molecule has 0 spiro atoms. The Morgan fingerprint density at radius 1 is 1.10 bits per heavy atom. The molecule has 0 bridgehead atoms. The van der Waals surface area contributed by atoms with Crippen LogP contribution in [0.25, 0.3) is 11.3 Å². The molecule has 0 unspecified atom stereocenters. The lowest BCUT2D eigenvalue weighted by Crippen LogP contribution is -2.04. The van der Waals surface area contributed by atoms with E-state index in [0.717, 1.165) is 16.8 Å². The van der Waals surface area contributed by atoms with Gasteiger partial charge in [-0.05, 0) is 17.7 Å². The first kappa shape index (κ1) is 13.3. The summed E-state index contributed by atoms with van der Waals surface area (Å²) in [7, 11) is 0. The highest BCUT2D eigenvalue weighted by Crippen LogP contribution is 2.22. The number of benzene rings is 2. The van der Waals surface area contributed by atoms with Crippen molar-refractivity contribution in [3.05, 3.63) is 70.9 Å². The summed E-state index contributed by atoms with van der Waals surface area (Å²) in [6.07, 6.45) is 0. The zero-order valence-corrected chi connectivity index (χ0v) is 11.8. The van der Waals surface area contributed by atoms with Gasteiger partial charge in [0.05, 0.1) is 6.54 Å². The highest BCUT2D eigenvalue weighted by Gasteiger charge is 2.14. The third-order valence-electron chi connectivity index (χ3n) is 3.11. The minimum Gasteiger partial charge on any atom is -0.239 e. The molecule has 102 valence electrons. The number of aromatic nitrogens is 3. The molecule has 5 heteroatoms. The van der Waals surface area contributed by atoms with E-state index in [9.17, 15) is 5.26 Å². The van der Waals surface area contributed by atoms with Crippen LogP contribution in [0.2, 0.25) is 5.02 Å². The molecule has 2 aromatic carbocycles. The second-order valence-corrected chi connectivity index (χ2v) is 4.99. The van der Waals surface area contributed by atoms with Gasteiger partial charge in [0.15, 0.2) is 5.69 Å². The molecule has 0 aliphatic rings. The van der Waals surface area contributed by atoms with Gasteiger partial charge in [-0.25, -0.2) is 4.68 Å². The van der Waals surface area contributed by atoms with Crippen LogP contribution in [0.15, 0.2) is 54.6 Å². The van der Waals surface area contributed by atoms with Gasteiger partial charge in [0, 0.05) is 10.6 Å². The summed E-state index contributed by atoms with van der Waals surface area (Å²) in [5, 5.41) is 17.9. The molecule has 1 heterocycles. The first-order chi connectivity index (χ1) is 10.3. The number of hydrogen-bond acceptors (Lipinski definition) is 3. The summed E-state index contributed by atoms with van der Waals surface area (Å²) in [5.41, 5.74) is 2.97. The molecule has 3 rings (SSSR count). The van der Waals surface area contributed by atoms with Crippen LogP contribution in [-0.4, -0.2) is 15.0 Å². The fraction of sp³-hybridized carbons (Fsp3) is 0.0625. The number of rotatable bonds is 3. The van der Waals surface area contributed by atoms with Crippen molar-refractivity contribution in [2.75, 3.05) is 0 Å². The summed E-state index contributed by atoms with van der Waals surface area (Å²) in [6, 6.07) is 19.3. The number of nitriles is 1. The fourth-order valence-electron chi connectivity index (χ4n) is 2.19. The van der Waals surface area contributed by atoms with Gasteiger partial charge in [-0.3, -0.25) is 0 Å². The summed E-state index contributed by atoms with van der Waals surface area (Å²) < 4.78 is 1.72. The van der Waals surface area contributed by atoms with E-state index >= 15 is 0 Å². The molecule has 0 fully saturated rings. The summed E-state index contributed by atoms with van der Waals surface area (Å²) >= 11 is 6.00. The Hall–Kier alpha value is -2.64. The van der Waals surface area contributed by atoms with Gasteiger partial charge in [-0.1, -0.05) is 59.3 Å². The Morgan fingerprint density at radius 2 is 1.90 bits per heavy atom. The Balaban J connectivity index is 2.04. The first-order valence-electron chi connectivity index (χ1n) is 6.41. The molecule has 0 amide bonds. The normalized spacial score (nSPS) is 10.3. The summed E-state index contributed by atoms with van der Waals surface area (Å²) in [5.74, 6) is 0. The second kappa shape index (κ2) is 5.78. The van der Waals surface area contributed by atoms with Gasteiger partial charge in [0.2, 0.25) is 0 Å². The van der Waals surface area contributed by atoms with E-state index in [-0.39, 0.29) is 0 Å². The maximum Gasteiger partial charge on any atom is 0.190 e. The molecule has 0 N–H and O–H groups in total. The maximum absolute atomic E-state index is 9.22. The Bertz CT molecular complexity index is 803. The van der Waals surface area contributed by atoms with Crippen molar-refractivity contribution in [3.8, 4) is 17.3 Å². The minimum atomic E-state index is 0.322. The SMILES string of the molecule is N#Cc1nnn(Cc2cccc(Cl)c2)c1-c1ccccc1. The lowest BCUT2D eigenvalue weighted by Gasteiger charge is -2.07. The molecule has 3 aromatic rings. The molecule has 0 aliphatic heterocycles. The van der Waals surface area contributed by atoms with Crippen LogP contribution in [0.1, 0.15) is 11.3 Å². The first-order valence-corrected chi connectivity index (χ1v) is 6.79. The zero-order valence-electron chi connectivity index (χ0n) is 11.1. The van der Waals surface area contributed by atoms with E-state index < -0.39 is 0 Å². The van der Waals surface area contributed by atoms with Crippen molar-refractivity contribution < 1.29 is 0 Å². The van der Waals surface area contributed by atoms with Crippen LogP contribution >= 0.6 is 11.6 Å². The van der Waals surface area contributed by atoms with E-state index in [1.807, 2.05) is 54.6 Å². The van der Waals surface area contributed by atoms with Crippen molar-refractivity contribution in [2.24, 2.45) is 0 Å². The molecule has 0 atom stereocenters. The Kier molecular flexibility index (Phi) is 3.67. The maximum atomic E-state index is 9.22. The summed E-state index contributed by atoms with van der Waals surface area (Å²) in [6.45, 7) is 0.513. The van der Waals surface area contributed by atoms with Gasteiger partial charge in [-0.15, -0.1) is 5.10 Å². The van der Waals surface area contributed by atoms with Crippen LogP contribution < -0.4 is 0 Å². The zero-order chi connectivity index (χ0) is 14.7. The molecule has 1 aromatic heterocycles. The molecule has 4 nitrogen and oxygen atoms in total. The van der Waals surface area contributed by atoms with E-state index in [0.29, 0.717) is 17.3 Å². The predicted octanol–water partition coefficient (Wildman–Crippen LogP) is 3.52. The van der Waals surface area contributed by atoms with Gasteiger partial charge >= 0.3 is 0 Å². The average Bonchev–Trinajstić information content (AvgIpc) is 2.91. The monoisotopic (exact) mass is 294 g/mol. The molecule has 0 saturated heterocycles. The molecule has 0 aliphatic carbocycles. The number of nitrogens with zero attached hydrogens (tertiary/aromatic N) is 4. The van der Waals surface area contributed by atoms with Crippen molar-refractivity contribution >= 4 is 11.6 Å². The minimum absolute atomic E-state index is 0.322. The lowest BCUT2D eigenvalue weighted by molar-refractivity contribution is 0.655. The van der Waals surface area contributed by atoms with Crippen LogP contribution in [0.3, 0.4) is 0 Å². The van der Waals surface area contributed by atoms with Gasteiger partial charge < -0.3 is 0 Å². The van der Waals surface area contributed by atoms with Crippen LogP contribution in [-0.2, 0) is 6.54 Å². The van der Waals surface area contributed by atoms with Crippen LogP contribution in [0.4, 0.5) is 0 Å². The van der Waals surface area contributed by atoms with E-state index in [4.69, 9.17) is 11.6 Å².